The van der Waals surface area contributed by atoms with Gasteiger partial charge in [-0.2, -0.15) is 0 Å². The van der Waals surface area contributed by atoms with Gasteiger partial charge < -0.3 is 5.32 Å². The van der Waals surface area contributed by atoms with E-state index >= 15 is 0 Å². The molecule has 1 N–H and O–H groups in total. The van der Waals surface area contributed by atoms with Crippen LogP contribution in [0, 0.1) is 17.5 Å². The first-order valence-corrected chi connectivity index (χ1v) is 6.54. The highest BCUT2D eigenvalue weighted by Crippen LogP contribution is 2.32. The Labute approximate surface area is 120 Å². The van der Waals surface area contributed by atoms with Crippen LogP contribution in [-0.4, -0.2) is 6.54 Å². The molecule has 0 spiro atoms. The first-order valence-electron chi connectivity index (χ1n) is 6.16. The third kappa shape index (κ3) is 2.97. The van der Waals surface area contributed by atoms with E-state index in [-0.39, 0.29) is 16.1 Å². The van der Waals surface area contributed by atoms with Crippen molar-refractivity contribution in [1.29, 1.82) is 0 Å². The van der Waals surface area contributed by atoms with E-state index in [1.165, 1.54) is 18.2 Å². The van der Waals surface area contributed by atoms with Gasteiger partial charge in [0.15, 0.2) is 0 Å². The molecule has 1 nitrogen and oxygen atoms in total. The minimum atomic E-state index is -0.843. The van der Waals surface area contributed by atoms with Crippen molar-refractivity contribution in [2.45, 2.75) is 13.0 Å². The Morgan fingerprint density at radius 3 is 2.50 bits per heavy atom. The number of benzene rings is 2. The number of hydrogen-bond donors (Lipinski definition) is 1. The Bertz CT molecular complexity index is 596. The van der Waals surface area contributed by atoms with Gasteiger partial charge in [-0.3, -0.25) is 0 Å². The van der Waals surface area contributed by atoms with Crippen molar-refractivity contribution in [3.8, 4) is 0 Å². The second-order valence-electron chi connectivity index (χ2n) is 4.29. The standard InChI is InChI=1S/C15H13ClF3N/c1-2-20-15(10-8-9(17)6-7-12(10)18)14-11(16)4-3-5-13(14)19/h3-8,15,20H,2H2,1H3. The molecule has 2 aromatic rings. The molecule has 0 aliphatic rings. The fraction of sp³-hybridized carbons (Fsp3) is 0.200. The zero-order valence-electron chi connectivity index (χ0n) is 10.8. The van der Waals surface area contributed by atoms with Crippen LogP contribution in [0.25, 0.3) is 0 Å². The van der Waals surface area contributed by atoms with E-state index < -0.39 is 23.5 Å². The summed E-state index contributed by atoms with van der Waals surface area (Å²) in [5, 5.41) is 3.10. The largest absolute Gasteiger partial charge is 0.306 e. The summed E-state index contributed by atoms with van der Waals surface area (Å²) in [7, 11) is 0. The summed E-state index contributed by atoms with van der Waals surface area (Å²) in [6.07, 6.45) is 0. The lowest BCUT2D eigenvalue weighted by atomic mass is 9.97. The van der Waals surface area contributed by atoms with Crippen molar-refractivity contribution in [2.75, 3.05) is 6.54 Å². The zero-order chi connectivity index (χ0) is 14.7. The maximum Gasteiger partial charge on any atom is 0.129 e. The van der Waals surface area contributed by atoms with Gasteiger partial charge in [-0.1, -0.05) is 24.6 Å². The van der Waals surface area contributed by atoms with E-state index in [4.69, 9.17) is 11.6 Å². The van der Waals surface area contributed by atoms with Crippen molar-refractivity contribution in [2.24, 2.45) is 0 Å². The third-order valence-corrected chi connectivity index (χ3v) is 3.30. The van der Waals surface area contributed by atoms with Crippen LogP contribution in [-0.2, 0) is 0 Å². The molecule has 106 valence electrons. The van der Waals surface area contributed by atoms with Gasteiger partial charge in [-0.15, -0.1) is 0 Å². The molecule has 1 atom stereocenters. The third-order valence-electron chi connectivity index (χ3n) is 2.97. The van der Waals surface area contributed by atoms with E-state index in [2.05, 4.69) is 5.32 Å². The van der Waals surface area contributed by atoms with E-state index in [1.54, 1.807) is 6.92 Å². The summed E-state index contributed by atoms with van der Waals surface area (Å²) < 4.78 is 41.3. The van der Waals surface area contributed by atoms with Crippen LogP contribution in [0.4, 0.5) is 13.2 Å². The lowest BCUT2D eigenvalue weighted by Gasteiger charge is -2.21. The molecule has 1 unspecified atom stereocenters. The Morgan fingerprint density at radius 1 is 1.10 bits per heavy atom. The van der Waals surface area contributed by atoms with Crippen molar-refractivity contribution in [3.05, 3.63) is 70.0 Å². The lowest BCUT2D eigenvalue weighted by Crippen LogP contribution is -2.24. The van der Waals surface area contributed by atoms with Gasteiger partial charge in [0.25, 0.3) is 0 Å². The van der Waals surface area contributed by atoms with Crippen LogP contribution in [0.2, 0.25) is 5.02 Å². The minimum absolute atomic E-state index is 0.0267. The van der Waals surface area contributed by atoms with Gasteiger partial charge in [-0.25, -0.2) is 13.2 Å². The molecule has 0 aromatic heterocycles. The van der Waals surface area contributed by atoms with Crippen LogP contribution >= 0.6 is 11.6 Å². The molecule has 0 saturated heterocycles. The van der Waals surface area contributed by atoms with Gasteiger partial charge in [0.2, 0.25) is 0 Å². The van der Waals surface area contributed by atoms with Crippen LogP contribution in [0.3, 0.4) is 0 Å². The first kappa shape index (κ1) is 14.9. The Hall–Kier alpha value is -1.52. The molecule has 0 fully saturated rings. The van der Waals surface area contributed by atoms with E-state index in [9.17, 15) is 13.2 Å². The summed E-state index contributed by atoms with van der Waals surface area (Å²) in [6, 6.07) is 6.46. The summed E-state index contributed by atoms with van der Waals surface area (Å²) >= 11 is 6.01. The Kier molecular flexibility index (Phi) is 4.68. The molecule has 0 aliphatic carbocycles. The number of rotatable bonds is 4. The molecule has 0 heterocycles. The van der Waals surface area contributed by atoms with E-state index in [1.807, 2.05) is 0 Å². The maximum absolute atomic E-state index is 14.0. The van der Waals surface area contributed by atoms with Gasteiger partial charge >= 0.3 is 0 Å². The Morgan fingerprint density at radius 2 is 1.85 bits per heavy atom. The predicted molar refractivity (Wildman–Crippen MR) is 73.3 cm³/mol. The fourth-order valence-corrected chi connectivity index (χ4v) is 2.37. The SMILES string of the molecule is CCNC(c1cc(F)ccc1F)c1c(F)cccc1Cl. The van der Waals surface area contributed by atoms with Gasteiger partial charge in [0.05, 0.1) is 6.04 Å². The summed E-state index contributed by atoms with van der Waals surface area (Å²) in [5.74, 6) is -1.76. The number of halogens is 4. The van der Waals surface area contributed by atoms with E-state index in [0.29, 0.717) is 6.54 Å². The van der Waals surface area contributed by atoms with Crippen molar-refractivity contribution in [1.82, 2.24) is 5.32 Å². The van der Waals surface area contributed by atoms with Crippen LogP contribution in [0.5, 0.6) is 0 Å². The average molecular weight is 300 g/mol. The molecular weight excluding hydrogens is 287 g/mol. The topological polar surface area (TPSA) is 12.0 Å². The van der Waals surface area contributed by atoms with Crippen molar-refractivity contribution < 1.29 is 13.2 Å². The fourth-order valence-electron chi connectivity index (χ4n) is 2.09. The molecule has 0 aliphatic heterocycles. The molecule has 5 heteroatoms. The molecule has 0 bridgehead atoms. The maximum atomic E-state index is 14.0. The van der Waals surface area contributed by atoms with Crippen LogP contribution in [0.15, 0.2) is 36.4 Å². The normalized spacial score (nSPS) is 12.4. The summed E-state index contributed by atoms with van der Waals surface area (Å²) in [6.45, 7) is 2.24. The van der Waals surface area contributed by atoms with Gasteiger partial charge in [-0.05, 0) is 36.9 Å². The number of hydrogen-bond acceptors (Lipinski definition) is 1. The van der Waals surface area contributed by atoms with Crippen LogP contribution in [0.1, 0.15) is 24.1 Å². The molecule has 0 amide bonds. The van der Waals surface area contributed by atoms with E-state index in [0.717, 1.165) is 18.2 Å². The minimum Gasteiger partial charge on any atom is -0.306 e. The molecule has 20 heavy (non-hydrogen) atoms. The lowest BCUT2D eigenvalue weighted by molar-refractivity contribution is 0.523. The second kappa shape index (κ2) is 6.29. The monoisotopic (exact) mass is 299 g/mol. The van der Waals surface area contributed by atoms with Crippen molar-refractivity contribution >= 4 is 11.6 Å². The summed E-state index contributed by atoms with van der Waals surface area (Å²) in [5.41, 5.74) is 0.138. The number of nitrogens with one attached hydrogen (secondary N) is 1. The zero-order valence-corrected chi connectivity index (χ0v) is 11.5. The van der Waals surface area contributed by atoms with Crippen LogP contribution < -0.4 is 5.32 Å². The predicted octanol–water partition coefficient (Wildman–Crippen LogP) is 4.46. The molecule has 2 aromatic carbocycles. The molecule has 0 saturated carbocycles. The average Bonchev–Trinajstić information content (AvgIpc) is 2.40. The highest BCUT2D eigenvalue weighted by molar-refractivity contribution is 6.31. The summed E-state index contributed by atoms with van der Waals surface area (Å²) in [4.78, 5) is 0. The molecular formula is C15H13ClF3N. The molecule has 0 radical (unpaired) electrons. The second-order valence-corrected chi connectivity index (χ2v) is 4.70. The van der Waals surface area contributed by atoms with Gasteiger partial charge in [0, 0.05) is 16.1 Å². The highest BCUT2D eigenvalue weighted by atomic mass is 35.5. The quantitative estimate of drug-likeness (QED) is 0.879. The molecule has 2 rings (SSSR count). The Balaban J connectivity index is 2.59. The van der Waals surface area contributed by atoms with Crippen molar-refractivity contribution in [3.63, 3.8) is 0 Å². The van der Waals surface area contributed by atoms with Gasteiger partial charge in [0.1, 0.15) is 17.5 Å². The first-order chi connectivity index (χ1) is 9.54. The highest BCUT2D eigenvalue weighted by Gasteiger charge is 2.23. The smallest absolute Gasteiger partial charge is 0.129 e.